The van der Waals surface area contributed by atoms with Crippen LogP contribution in [0.25, 0.3) is 0 Å². The zero-order valence-corrected chi connectivity index (χ0v) is 14.5. The van der Waals surface area contributed by atoms with Crippen LogP contribution in [0, 0.1) is 5.92 Å². The monoisotopic (exact) mass is 357 g/mol. The fourth-order valence-electron chi connectivity index (χ4n) is 4.06. The maximum atomic E-state index is 11.0. The van der Waals surface area contributed by atoms with Crippen molar-refractivity contribution in [3.63, 3.8) is 0 Å². The van der Waals surface area contributed by atoms with Gasteiger partial charge in [0.15, 0.2) is 0 Å². The molecule has 2 aromatic rings. The van der Waals surface area contributed by atoms with Crippen molar-refractivity contribution in [3.05, 3.63) is 70.8 Å². The van der Waals surface area contributed by atoms with Crippen LogP contribution < -0.4 is 4.74 Å². The van der Waals surface area contributed by atoms with E-state index in [1.165, 1.54) is 6.08 Å². The first-order chi connectivity index (χ1) is 16.1. The van der Waals surface area contributed by atoms with Crippen LogP contribution in [0.2, 0.25) is 0 Å². The number of rotatable bonds is 3. The number of hydrogen-bond acceptors (Lipinski definition) is 2. The molecule has 0 fully saturated rings. The number of allylic oxidation sites excluding steroid dienone is 2. The molecule has 1 N–H and O–H groups in total. The number of fused-ring (bicyclic) bond motifs is 3. The quantitative estimate of drug-likeness (QED) is 0.705. The summed E-state index contributed by atoms with van der Waals surface area (Å²) in [5.41, 5.74) is -0.445. The third-order valence-electron chi connectivity index (χ3n) is 5.39. The minimum atomic E-state index is -3.03. The molecule has 0 unspecified atom stereocenters. The second-order valence-corrected chi connectivity index (χ2v) is 7.21. The minimum absolute atomic E-state index is 0.000306. The van der Waals surface area contributed by atoms with E-state index >= 15 is 0 Å². The van der Waals surface area contributed by atoms with E-state index in [2.05, 4.69) is 0 Å². The molecular weight excluding hydrogens is 320 g/mol. The molecule has 2 nitrogen and oxygen atoms in total. The standard InChI is InChI=1S/C24H28O2/c1-16-9-12-20-19(13-16)23-21(25)14-18(15-22(23)26-24(20,2)3)11-10-17-7-5-4-6-8-17/h4-8,13-15,19-20,25H,9-12H2,1-3H3/t19-,20-/m1/s1/i1D3,2D3,3D3. The van der Waals surface area contributed by atoms with E-state index in [-0.39, 0.29) is 35.5 Å². The Balaban J connectivity index is 1.86. The Morgan fingerprint density at radius 1 is 1.15 bits per heavy atom. The zero-order chi connectivity index (χ0) is 25.8. The van der Waals surface area contributed by atoms with Gasteiger partial charge in [-0.3, -0.25) is 0 Å². The summed E-state index contributed by atoms with van der Waals surface area (Å²) in [6.07, 6.45) is 2.61. The number of phenolic OH excluding ortho intramolecular Hbond substituents is 1. The third-order valence-corrected chi connectivity index (χ3v) is 5.39. The Hall–Kier alpha value is -2.22. The van der Waals surface area contributed by atoms with E-state index in [0.29, 0.717) is 18.4 Å². The van der Waals surface area contributed by atoms with Crippen molar-refractivity contribution in [3.8, 4) is 11.5 Å². The maximum Gasteiger partial charge on any atom is 0.127 e. The highest BCUT2D eigenvalue weighted by Crippen LogP contribution is 2.53. The predicted octanol–water partition coefficient (Wildman–Crippen LogP) is 5.79. The molecule has 2 heteroatoms. The van der Waals surface area contributed by atoms with Gasteiger partial charge in [0.1, 0.15) is 17.1 Å². The first-order valence-electron chi connectivity index (χ1n) is 13.4. The van der Waals surface area contributed by atoms with Crippen LogP contribution in [0.3, 0.4) is 0 Å². The van der Waals surface area contributed by atoms with E-state index in [4.69, 9.17) is 17.1 Å². The van der Waals surface area contributed by atoms with Crippen LogP contribution >= 0.6 is 0 Å². The van der Waals surface area contributed by atoms with Crippen LogP contribution in [0.15, 0.2) is 54.1 Å². The molecular formula is C24H28O2. The van der Waals surface area contributed by atoms with Crippen LogP contribution in [0.5, 0.6) is 11.5 Å². The van der Waals surface area contributed by atoms with Crippen LogP contribution in [0.4, 0.5) is 0 Å². The molecule has 2 atom stereocenters. The minimum Gasteiger partial charge on any atom is -0.507 e. The fourth-order valence-corrected chi connectivity index (χ4v) is 4.06. The second-order valence-electron chi connectivity index (χ2n) is 7.21. The highest BCUT2D eigenvalue weighted by atomic mass is 16.5. The maximum absolute atomic E-state index is 11.0. The molecule has 2 aliphatic rings. The third kappa shape index (κ3) is 3.13. The summed E-state index contributed by atoms with van der Waals surface area (Å²) in [5, 5.41) is 11.0. The van der Waals surface area contributed by atoms with E-state index in [0.717, 1.165) is 5.56 Å². The molecule has 1 aliphatic heterocycles. The number of benzene rings is 2. The van der Waals surface area contributed by atoms with Crippen molar-refractivity contribution in [2.24, 2.45) is 5.92 Å². The largest absolute Gasteiger partial charge is 0.507 e. The van der Waals surface area contributed by atoms with Crippen molar-refractivity contribution in [2.75, 3.05) is 0 Å². The van der Waals surface area contributed by atoms with Gasteiger partial charge in [0, 0.05) is 29.7 Å². The lowest BCUT2D eigenvalue weighted by molar-refractivity contribution is 0.0107. The molecule has 4 rings (SSSR count). The summed E-state index contributed by atoms with van der Waals surface area (Å²) < 4.78 is 78.8. The number of hydrogen-bond donors (Lipinski definition) is 1. The fraction of sp³-hybridized carbons (Fsp3) is 0.417. The molecule has 2 aromatic carbocycles. The van der Waals surface area contributed by atoms with Crippen LogP contribution in [-0.2, 0) is 12.8 Å². The molecule has 0 aromatic heterocycles. The van der Waals surface area contributed by atoms with E-state index in [9.17, 15) is 5.11 Å². The molecule has 0 saturated carbocycles. The summed E-state index contributed by atoms with van der Waals surface area (Å²) in [6.45, 7) is -8.46. The highest BCUT2D eigenvalue weighted by Gasteiger charge is 2.45. The number of aryl methyl sites for hydroxylation is 2. The second kappa shape index (κ2) is 6.50. The van der Waals surface area contributed by atoms with Crippen LogP contribution in [-0.4, -0.2) is 10.7 Å². The van der Waals surface area contributed by atoms with Crippen molar-refractivity contribution >= 4 is 0 Å². The number of aromatic hydroxyl groups is 1. The lowest BCUT2D eigenvalue weighted by Gasteiger charge is -2.46. The first-order valence-corrected chi connectivity index (χ1v) is 8.95. The molecule has 1 aliphatic carbocycles. The Labute approximate surface area is 169 Å². The Kier molecular flexibility index (Phi) is 2.41. The summed E-state index contributed by atoms with van der Waals surface area (Å²) in [5.74, 6) is -2.17. The SMILES string of the molecule is [2H]C([2H])([2H])C1=C[C@H]2c3c(O)cc(CCc4ccccc4)cc3OC(C([2H])([2H])[2H])(C([2H])([2H])[2H])[C@@H]2CC1. The lowest BCUT2D eigenvalue weighted by Crippen LogP contribution is -2.45. The van der Waals surface area contributed by atoms with E-state index in [1.807, 2.05) is 30.3 Å². The number of phenols is 1. The highest BCUT2D eigenvalue weighted by molar-refractivity contribution is 5.54. The zero-order valence-electron chi connectivity index (χ0n) is 23.5. The van der Waals surface area contributed by atoms with Gasteiger partial charge in [0.2, 0.25) is 0 Å². The smallest absolute Gasteiger partial charge is 0.127 e. The molecule has 0 bridgehead atoms. The average molecular weight is 358 g/mol. The Morgan fingerprint density at radius 3 is 2.73 bits per heavy atom. The molecule has 0 spiro atoms. The normalized spacial score (nSPS) is 30.0. The van der Waals surface area contributed by atoms with Gasteiger partial charge in [-0.2, -0.15) is 0 Å². The van der Waals surface area contributed by atoms with Gasteiger partial charge in [0.05, 0.1) is 0 Å². The molecule has 26 heavy (non-hydrogen) atoms. The Bertz CT molecular complexity index is 1100. The van der Waals surface area contributed by atoms with Gasteiger partial charge >= 0.3 is 0 Å². The molecule has 136 valence electrons. The predicted molar refractivity (Wildman–Crippen MR) is 106 cm³/mol. The van der Waals surface area contributed by atoms with Gasteiger partial charge in [0.25, 0.3) is 0 Å². The van der Waals surface area contributed by atoms with Crippen molar-refractivity contribution in [1.29, 1.82) is 0 Å². The van der Waals surface area contributed by atoms with E-state index in [1.54, 1.807) is 12.1 Å². The topological polar surface area (TPSA) is 29.5 Å². The molecule has 0 amide bonds. The molecule has 0 saturated heterocycles. The van der Waals surface area contributed by atoms with Crippen molar-refractivity contribution in [1.82, 2.24) is 0 Å². The Morgan fingerprint density at radius 2 is 1.96 bits per heavy atom. The van der Waals surface area contributed by atoms with Crippen molar-refractivity contribution in [2.45, 2.75) is 57.8 Å². The van der Waals surface area contributed by atoms with Gasteiger partial charge in [-0.25, -0.2) is 0 Å². The van der Waals surface area contributed by atoms with E-state index < -0.39 is 38.0 Å². The van der Waals surface area contributed by atoms with Gasteiger partial charge in [-0.15, -0.1) is 0 Å². The van der Waals surface area contributed by atoms with Gasteiger partial charge in [-0.05, 0) is 69.5 Å². The van der Waals surface area contributed by atoms with Crippen molar-refractivity contribution < 1.29 is 22.2 Å². The van der Waals surface area contributed by atoms with Crippen LogP contribution in [0.1, 0.15) is 68.3 Å². The average Bonchev–Trinajstić information content (AvgIpc) is 2.75. The van der Waals surface area contributed by atoms with Gasteiger partial charge < -0.3 is 9.84 Å². The molecule has 1 heterocycles. The lowest BCUT2D eigenvalue weighted by atomic mass is 9.68. The summed E-state index contributed by atoms with van der Waals surface area (Å²) in [6, 6.07) is 12.8. The molecule has 0 radical (unpaired) electrons. The summed E-state index contributed by atoms with van der Waals surface area (Å²) in [4.78, 5) is 0. The summed E-state index contributed by atoms with van der Waals surface area (Å²) >= 11 is 0. The first kappa shape index (κ1) is 9.64. The van der Waals surface area contributed by atoms with Gasteiger partial charge in [-0.1, -0.05) is 42.0 Å². The number of ether oxygens (including phenoxy) is 1. The summed E-state index contributed by atoms with van der Waals surface area (Å²) in [7, 11) is 0.